The summed E-state index contributed by atoms with van der Waals surface area (Å²) >= 11 is 0. The fourth-order valence-corrected chi connectivity index (χ4v) is 5.72. The highest BCUT2D eigenvalue weighted by atomic mass is 16.2. The van der Waals surface area contributed by atoms with Crippen LogP contribution in [0.15, 0.2) is 30.3 Å². The number of hydrogen-bond donors (Lipinski definition) is 2. The Kier molecular flexibility index (Phi) is 8.07. The predicted molar refractivity (Wildman–Crippen MR) is 135 cm³/mol. The standard InChI is InChI=1S/C27H37N5O4/c1-6-31(24(35)18(2)29-25(36)27(5)16-26(3,4)17-27)15-22(33)32-14-19(12-21(32)13-28)23(34)30-20-10-8-7-9-11-20/h7-11,18-19,21H,6,12,14-17H2,1-5H3,(H,29,36)(H,30,34). The van der Waals surface area contributed by atoms with Crippen LogP contribution in [0.2, 0.25) is 0 Å². The van der Waals surface area contributed by atoms with Crippen molar-refractivity contribution >= 4 is 29.3 Å². The van der Waals surface area contributed by atoms with Gasteiger partial charge in [0, 0.05) is 24.2 Å². The molecule has 9 heteroatoms. The quantitative estimate of drug-likeness (QED) is 0.574. The van der Waals surface area contributed by atoms with Crippen LogP contribution in [0.3, 0.4) is 0 Å². The number of nitrogens with zero attached hydrogens (tertiary/aromatic N) is 3. The van der Waals surface area contributed by atoms with Gasteiger partial charge in [0.15, 0.2) is 0 Å². The van der Waals surface area contributed by atoms with E-state index in [1.54, 1.807) is 26.0 Å². The summed E-state index contributed by atoms with van der Waals surface area (Å²) in [5.41, 5.74) is 0.277. The zero-order valence-electron chi connectivity index (χ0n) is 21.8. The van der Waals surface area contributed by atoms with Crippen molar-refractivity contribution in [3.05, 3.63) is 30.3 Å². The number of nitriles is 1. The number of benzene rings is 1. The number of likely N-dealkylation sites (N-methyl/N-ethyl adjacent to an activating group) is 1. The number of rotatable bonds is 8. The summed E-state index contributed by atoms with van der Waals surface area (Å²) in [7, 11) is 0. The van der Waals surface area contributed by atoms with Crippen molar-refractivity contribution in [3.63, 3.8) is 0 Å². The van der Waals surface area contributed by atoms with E-state index in [1.807, 2.05) is 25.1 Å². The van der Waals surface area contributed by atoms with Gasteiger partial charge in [-0.1, -0.05) is 39.0 Å². The van der Waals surface area contributed by atoms with Gasteiger partial charge < -0.3 is 20.4 Å². The molecule has 3 rings (SSSR count). The van der Waals surface area contributed by atoms with Crippen LogP contribution >= 0.6 is 0 Å². The van der Waals surface area contributed by atoms with Gasteiger partial charge >= 0.3 is 0 Å². The maximum Gasteiger partial charge on any atom is 0.245 e. The fraction of sp³-hybridized carbons (Fsp3) is 0.593. The van der Waals surface area contributed by atoms with E-state index in [0.717, 1.165) is 12.8 Å². The predicted octanol–water partition coefficient (Wildman–Crippen LogP) is 2.55. The average molecular weight is 496 g/mol. The van der Waals surface area contributed by atoms with Gasteiger partial charge in [-0.2, -0.15) is 5.26 Å². The number of nitrogens with one attached hydrogen (secondary N) is 2. The van der Waals surface area contributed by atoms with Crippen molar-refractivity contribution in [3.8, 4) is 6.07 Å². The molecule has 1 aromatic rings. The first-order valence-corrected chi connectivity index (χ1v) is 12.5. The van der Waals surface area contributed by atoms with Gasteiger partial charge in [-0.25, -0.2) is 0 Å². The molecule has 0 aromatic heterocycles. The van der Waals surface area contributed by atoms with E-state index in [2.05, 4.69) is 30.6 Å². The zero-order valence-corrected chi connectivity index (χ0v) is 21.8. The Morgan fingerprint density at radius 3 is 2.36 bits per heavy atom. The Hall–Kier alpha value is -3.41. The van der Waals surface area contributed by atoms with Gasteiger partial charge in [-0.3, -0.25) is 19.2 Å². The molecular formula is C27H37N5O4. The number of anilines is 1. The van der Waals surface area contributed by atoms with Crippen LogP contribution < -0.4 is 10.6 Å². The normalized spacial score (nSPS) is 22.5. The van der Waals surface area contributed by atoms with E-state index in [1.165, 1.54) is 9.80 Å². The molecular weight excluding hydrogens is 458 g/mol. The fourth-order valence-electron chi connectivity index (χ4n) is 5.72. The molecule has 194 valence electrons. The molecule has 0 spiro atoms. The molecule has 1 aliphatic carbocycles. The monoisotopic (exact) mass is 495 g/mol. The van der Waals surface area contributed by atoms with Gasteiger partial charge in [-0.15, -0.1) is 0 Å². The lowest BCUT2D eigenvalue weighted by Crippen LogP contribution is -2.56. The molecule has 0 bridgehead atoms. The van der Waals surface area contributed by atoms with Gasteiger partial charge in [-0.05, 0) is 50.7 Å². The van der Waals surface area contributed by atoms with E-state index < -0.39 is 29.3 Å². The molecule has 2 aliphatic rings. The first kappa shape index (κ1) is 27.2. The van der Waals surface area contributed by atoms with Crippen molar-refractivity contribution in [1.82, 2.24) is 15.1 Å². The van der Waals surface area contributed by atoms with Crippen LogP contribution in [0.1, 0.15) is 53.9 Å². The molecule has 1 saturated heterocycles. The summed E-state index contributed by atoms with van der Waals surface area (Å²) in [6.07, 6.45) is 1.75. The van der Waals surface area contributed by atoms with Crippen LogP contribution in [0.5, 0.6) is 0 Å². The summed E-state index contributed by atoms with van der Waals surface area (Å²) in [6.45, 7) is 9.69. The molecule has 1 saturated carbocycles. The Morgan fingerprint density at radius 1 is 1.17 bits per heavy atom. The van der Waals surface area contributed by atoms with Crippen LogP contribution in [0.25, 0.3) is 0 Å². The Bertz CT molecular complexity index is 1040. The Morgan fingerprint density at radius 2 is 1.81 bits per heavy atom. The number of amides is 4. The minimum Gasteiger partial charge on any atom is -0.344 e. The maximum atomic E-state index is 13.1. The second-order valence-corrected chi connectivity index (χ2v) is 11.1. The molecule has 1 aromatic carbocycles. The molecule has 4 amide bonds. The third kappa shape index (κ3) is 6.04. The minimum absolute atomic E-state index is 0.113. The summed E-state index contributed by atoms with van der Waals surface area (Å²) in [5, 5.41) is 15.2. The van der Waals surface area contributed by atoms with Gasteiger partial charge in [0.25, 0.3) is 0 Å². The van der Waals surface area contributed by atoms with Crippen molar-refractivity contribution in [2.45, 2.75) is 66.0 Å². The van der Waals surface area contributed by atoms with Crippen LogP contribution in [-0.4, -0.2) is 65.1 Å². The lowest BCUT2D eigenvalue weighted by atomic mass is 9.55. The van der Waals surface area contributed by atoms with Crippen molar-refractivity contribution in [1.29, 1.82) is 5.26 Å². The number of carbonyl (C=O) groups excluding carboxylic acids is 4. The molecule has 9 nitrogen and oxygen atoms in total. The smallest absolute Gasteiger partial charge is 0.245 e. The molecule has 2 N–H and O–H groups in total. The van der Waals surface area contributed by atoms with E-state index in [9.17, 15) is 24.4 Å². The van der Waals surface area contributed by atoms with E-state index in [0.29, 0.717) is 5.69 Å². The third-order valence-electron chi connectivity index (χ3n) is 7.21. The Labute approximate surface area is 213 Å². The summed E-state index contributed by atoms with van der Waals surface area (Å²) in [6, 6.07) is 9.61. The third-order valence-corrected chi connectivity index (χ3v) is 7.21. The number of para-hydroxylation sites is 1. The molecule has 36 heavy (non-hydrogen) atoms. The molecule has 0 radical (unpaired) electrons. The lowest BCUT2D eigenvalue weighted by Gasteiger charge is -2.50. The van der Waals surface area contributed by atoms with Gasteiger partial charge in [0.2, 0.25) is 23.6 Å². The van der Waals surface area contributed by atoms with Crippen molar-refractivity contribution in [2.24, 2.45) is 16.7 Å². The first-order valence-electron chi connectivity index (χ1n) is 12.5. The highest BCUT2D eigenvalue weighted by Gasteiger charge is 2.51. The van der Waals surface area contributed by atoms with E-state index in [-0.39, 0.29) is 49.2 Å². The second kappa shape index (κ2) is 10.7. The second-order valence-electron chi connectivity index (χ2n) is 11.1. The van der Waals surface area contributed by atoms with Crippen LogP contribution in [0, 0.1) is 28.1 Å². The zero-order chi connectivity index (χ0) is 26.7. The summed E-state index contributed by atoms with van der Waals surface area (Å²) in [4.78, 5) is 54.4. The van der Waals surface area contributed by atoms with Crippen LogP contribution in [0.4, 0.5) is 5.69 Å². The summed E-state index contributed by atoms with van der Waals surface area (Å²) in [5.74, 6) is -1.66. The number of hydrogen-bond acceptors (Lipinski definition) is 5. The van der Waals surface area contributed by atoms with Crippen molar-refractivity contribution in [2.75, 3.05) is 25.0 Å². The number of likely N-dealkylation sites (tertiary alicyclic amines) is 1. The molecule has 3 atom stereocenters. The SMILES string of the molecule is CCN(CC(=O)N1CC(C(=O)Nc2ccccc2)CC1C#N)C(=O)C(C)NC(=O)C1(C)CC(C)(C)C1. The number of carbonyl (C=O) groups is 4. The molecule has 2 fully saturated rings. The molecule has 1 aliphatic heterocycles. The highest BCUT2D eigenvalue weighted by Crippen LogP contribution is 2.53. The minimum atomic E-state index is -0.777. The lowest BCUT2D eigenvalue weighted by molar-refractivity contribution is -0.147. The average Bonchev–Trinajstić information content (AvgIpc) is 3.26. The topological polar surface area (TPSA) is 123 Å². The van der Waals surface area contributed by atoms with Gasteiger partial charge in [0.1, 0.15) is 12.1 Å². The molecule has 1 heterocycles. The highest BCUT2D eigenvalue weighted by molar-refractivity contribution is 5.95. The Balaban J connectivity index is 1.57. The van der Waals surface area contributed by atoms with Crippen LogP contribution in [-0.2, 0) is 19.2 Å². The van der Waals surface area contributed by atoms with E-state index in [4.69, 9.17) is 0 Å². The van der Waals surface area contributed by atoms with E-state index >= 15 is 0 Å². The summed E-state index contributed by atoms with van der Waals surface area (Å²) < 4.78 is 0. The molecule has 3 unspecified atom stereocenters. The maximum absolute atomic E-state index is 13.1. The van der Waals surface area contributed by atoms with Gasteiger partial charge in [0.05, 0.1) is 18.5 Å². The largest absolute Gasteiger partial charge is 0.344 e. The first-order chi connectivity index (χ1) is 16.9. The van der Waals surface area contributed by atoms with Crippen molar-refractivity contribution < 1.29 is 19.2 Å².